The first-order chi connectivity index (χ1) is 15.1. The number of para-hydroxylation sites is 1. The number of carbonyl (C=O) groups excluding carboxylic acids is 1. The summed E-state index contributed by atoms with van der Waals surface area (Å²) in [6, 6.07) is 17.5. The van der Waals surface area contributed by atoms with Gasteiger partial charge < -0.3 is 14.5 Å². The normalized spacial score (nSPS) is 12.1. The van der Waals surface area contributed by atoms with E-state index in [2.05, 4.69) is 15.5 Å². The Labute approximate surface area is 184 Å². The highest BCUT2D eigenvalue weighted by atomic mass is 32.2. The minimum Gasteiger partial charge on any atom is -0.493 e. The second kappa shape index (κ2) is 9.26. The van der Waals surface area contributed by atoms with Gasteiger partial charge in [0, 0.05) is 11.9 Å². The van der Waals surface area contributed by atoms with Crippen molar-refractivity contribution >= 4 is 28.6 Å². The van der Waals surface area contributed by atoms with Crippen LogP contribution in [0.4, 0.5) is 0 Å². The summed E-state index contributed by atoms with van der Waals surface area (Å²) in [7, 11) is 1.62. The topological polar surface area (TPSA) is 82.2 Å². The molecule has 1 amide bonds. The standard InChI is InChI=1S/C23H24N4O3S/c1-4-27-22(19-13-17-11-8-12-18(29-3)21(17)30-19)25-26-23(27)31-14-20(28)24-15(2)16-9-6-5-7-10-16/h5-13,15H,4,14H2,1-3H3,(H,24,28)/t15-/m0/s1. The third-order valence-corrected chi connectivity index (χ3v) is 5.96. The molecule has 0 aliphatic heterocycles. The number of methoxy groups -OCH3 is 1. The van der Waals surface area contributed by atoms with Gasteiger partial charge >= 0.3 is 0 Å². The Hall–Kier alpha value is -3.26. The molecule has 1 atom stereocenters. The summed E-state index contributed by atoms with van der Waals surface area (Å²) in [5.74, 6) is 2.11. The smallest absolute Gasteiger partial charge is 0.230 e. The maximum atomic E-state index is 12.4. The first kappa shape index (κ1) is 21.0. The number of thioether (sulfide) groups is 1. The number of ether oxygens (including phenoxy) is 1. The molecule has 2 aromatic heterocycles. The predicted molar refractivity (Wildman–Crippen MR) is 121 cm³/mol. The first-order valence-electron chi connectivity index (χ1n) is 10.1. The molecule has 4 aromatic rings. The van der Waals surface area contributed by atoms with Crippen molar-refractivity contribution in [2.45, 2.75) is 31.6 Å². The fourth-order valence-electron chi connectivity index (χ4n) is 3.41. The molecule has 1 N–H and O–H groups in total. The van der Waals surface area contributed by atoms with Gasteiger partial charge in [0.2, 0.25) is 11.7 Å². The Morgan fingerprint density at radius 2 is 2.00 bits per heavy atom. The molecule has 0 aliphatic rings. The Bertz CT molecular complexity index is 1190. The third-order valence-electron chi connectivity index (χ3n) is 4.99. The number of hydrogen-bond acceptors (Lipinski definition) is 6. The summed E-state index contributed by atoms with van der Waals surface area (Å²) in [5, 5.41) is 13.2. The van der Waals surface area contributed by atoms with Crippen LogP contribution in [0.5, 0.6) is 5.75 Å². The maximum absolute atomic E-state index is 12.4. The fraction of sp³-hybridized carbons (Fsp3) is 0.261. The average Bonchev–Trinajstić information content (AvgIpc) is 3.41. The lowest BCUT2D eigenvalue weighted by molar-refractivity contribution is -0.119. The van der Waals surface area contributed by atoms with Gasteiger partial charge in [-0.2, -0.15) is 0 Å². The van der Waals surface area contributed by atoms with E-state index in [4.69, 9.17) is 9.15 Å². The van der Waals surface area contributed by atoms with Gasteiger partial charge in [-0.05, 0) is 31.5 Å². The summed E-state index contributed by atoms with van der Waals surface area (Å²) in [6.45, 7) is 4.64. The Morgan fingerprint density at radius 1 is 1.19 bits per heavy atom. The number of rotatable bonds is 8. The minimum atomic E-state index is -0.0561. The Morgan fingerprint density at radius 3 is 2.74 bits per heavy atom. The van der Waals surface area contributed by atoms with Gasteiger partial charge in [-0.1, -0.05) is 54.2 Å². The van der Waals surface area contributed by atoms with Crippen molar-refractivity contribution in [1.82, 2.24) is 20.1 Å². The molecule has 4 rings (SSSR count). The van der Waals surface area contributed by atoms with Gasteiger partial charge in [-0.25, -0.2) is 0 Å². The van der Waals surface area contributed by atoms with Crippen LogP contribution in [-0.4, -0.2) is 33.5 Å². The molecule has 0 unspecified atom stereocenters. The van der Waals surface area contributed by atoms with Crippen molar-refractivity contribution in [3.8, 4) is 17.3 Å². The van der Waals surface area contributed by atoms with E-state index in [9.17, 15) is 4.79 Å². The number of furan rings is 1. The largest absolute Gasteiger partial charge is 0.493 e. The molecule has 0 aliphatic carbocycles. The maximum Gasteiger partial charge on any atom is 0.230 e. The van der Waals surface area contributed by atoms with Gasteiger partial charge in [0.25, 0.3) is 0 Å². The molecule has 0 saturated carbocycles. The zero-order valence-electron chi connectivity index (χ0n) is 17.7. The average molecular weight is 437 g/mol. The zero-order valence-corrected chi connectivity index (χ0v) is 18.5. The lowest BCUT2D eigenvalue weighted by Gasteiger charge is -2.14. The van der Waals surface area contributed by atoms with Crippen LogP contribution in [0.2, 0.25) is 0 Å². The van der Waals surface area contributed by atoms with Crippen LogP contribution < -0.4 is 10.1 Å². The lowest BCUT2D eigenvalue weighted by atomic mass is 10.1. The van der Waals surface area contributed by atoms with Gasteiger partial charge in [-0.15, -0.1) is 10.2 Å². The van der Waals surface area contributed by atoms with Crippen LogP contribution in [0.1, 0.15) is 25.5 Å². The van der Waals surface area contributed by atoms with Crippen LogP contribution in [0.3, 0.4) is 0 Å². The van der Waals surface area contributed by atoms with E-state index in [1.165, 1.54) is 11.8 Å². The van der Waals surface area contributed by atoms with Crippen molar-refractivity contribution in [3.05, 3.63) is 60.2 Å². The Kier molecular flexibility index (Phi) is 6.27. The highest BCUT2D eigenvalue weighted by Gasteiger charge is 2.19. The molecular weight excluding hydrogens is 412 g/mol. The van der Waals surface area contributed by atoms with Gasteiger partial charge in [0.1, 0.15) is 0 Å². The van der Waals surface area contributed by atoms with Crippen molar-refractivity contribution in [3.63, 3.8) is 0 Å². The van der Waals surface area contributed by atoms with Crippen molar-refractivity contribution in [1.29, 1.82) is 0 Å². The van der Waals surface area contributed by atoms with Crippen LogP contribution >= 0.6 is 11.8 Å². The van der Waals surface area contributed by atoms with E-state index < -0.39 is 0 Å². The van der Waals surface area contributed by atoms with Gasteiger partial charge in [-0.3, -0.25) is 9.36 Å². The van der Waals surface area contributed by atoms with E-state index in [-0.39, 0.29) is 17.7 Å². The summed E-state index contributed by atoms with van der Waals surface area (Å²) in [4.78, 5) is 12.4. The highest BCUT2D eigenvalue weighted by molar-refractivity contribution is 7.99. The number of amides is 1. The minimum absolute atomic E-state index is 0.0537. The number of carbonyl (C=O) groups is 1. The van der Waals surface area contributed by atoms with Crippen LogP contribution in [0, 0.1) is 0 Å². The van der Waals surface area contributed by atoms with Crippen molar-refractivity contribution < 1.29 is 13.9 Å². The number of benzene rings is 2. The summed E-state index contributed by atoms with van der Waals surface area (Å²) in [6.07, 6.45) is 0. The summed E-state index contributed by atoms with van der Waals surface area (Å²) >= 11 is 1.36. The highest BCUT2D eigenvalue weighted by Crippen LogP contribution is 2.33. The van der Waals surface area contributed by atoms with E-state index in [0.717, 1.165) is 10.9 Å². The SMILES string of the molecule is CCn1c(SCC(=O)N[C@@H](C)c2ccccc2)nnc1-c1cc2cccc(OC)c2o1. The second-order valence-corrected chi connectivity index (χ2v) is 7.97. The van der Waals surface area contributed by atoms with E-state index in [1.54, 1.807) is 7.11 Å². The molecular formula is C23H24N4O3S. The third kappa shape index (κ3) is 4.44. The van der Waals surface area contributed by atoms with E-state index in [1.807, 2.05) is 73.0 Å². The van der Waals surface area contributed by atoms with E-state index in [0.29, 0.717) is 34.6 Å². The van der Waals surface area contributed by atoms with Crippen molar-refractivity contribution in [2.24, 2.45) is 0 Å². The molecule has 0 radical (unpaired) electrons. The molecule has 7 nitrogen and oxygen atoms in total. The molecule has 2 heterocycles. The van der Waals surface area contributed by atoms with Gasteiger partial charge in [0.05, 0.1) is 18.9 Å². The van der Waals surface area contributed by atoms with Crippen LogP contribution in [-0.2, 0) is 11.3 Å². The van der Waals surface area contributed by atoms with Crippen molar-refractivity contribution in [2.75, 3.05) is 12.9 Å². The summed E-state index contributed by atoms with van der Waals surface area (Å²) < 4.78 is 13.4. The van der Waals surface area contributed by atoms with Crippen LogP contribution in [0.15, 0.2) is 64.2 Å². The second-order valence-electron chi connectivity index (χ2n) is 7.03. The monoisotopic (exact) mass is 436 g/mol. The molecule has 31 heavy (non-hydrogen) atoms. The molecule has 0 spiro atoms. The number of nitrogens with one attached hydrogen (secondary N) is 1. The van der Waals surface area contributed by atoms with E-state index >= 15 is 0 Å². The number of aromatic nitrogens is 3. The number of hydrogen-bond donors (Lipinski definition) is 1. The Balaban J connectivity index is 1.48. The van der Waals surface area contributed by atoms with Gasteiger partial charge in [0.15, 0.2) is 22.2 Å². The summed E-state index contributed by atoms with van der Waals surface area (Å²) in [5.41, 5.74) is 1.74. The fourth-order valence-corrected chi connectivity index (χ4v) is 4.22. The number of fused-ring (bicyclic) bond motifs is 1. The first-order valence-corrected chi connectivity index (χ1v) is 11.1. The quantitative estimate of drug-likeness (QED) is 0.404. The molecule has 0 saturated heterocycles. The molecule has 160 valence electrons. The molecule has 0 bridgehead atoms. The lowest BCUT2D eigenvalue weighted by Crippen LogP contribution is -2.28. The molecule has 0 fully saturated rings. The van der Waals surface area contributed by atoms with Crippen LogP contribution in [0.25, 0.3) is 22.6 Å². The number of nitrogens with zero attached hydrogens (tertiary/aromatic N) is 3. The molecule has 8 heteroatoms. The zero-order chi connectivity index (χ0) is 21.8. The predicted octanol–water partition coefficient (Wildman–Crippen LogP) is 4.69. The molecule has 2 aromatic carbocycles.